The Bertz CT molecular complexity index is 558. The van der Waals surface area contributed by atoms with Crippen molar-refractivity contribution < 1.29 is 24.6 Å². The van der Waals surface area contributed by atoms with Crippen molar-refractivity contribution in [3.8, 4) is 0 Å². The van der Waals surface area contributed by atoms with Gasteiger partial charge < -0.3 is 15.5 Å². The van der Waals surface area contributed by atoms with Gasteiger partial charge in [0.15, 0.2) is 0 Å². The van der Waals surface area contributed by atoms with Crippen LogP contribution < -0.4 is 5.32 Å². The quantitative estimate of drug-likeness (QED) is 0.709. The minimum absolute atomic E-state index is 0.0583. The normalized spacial score (nSPS) is 11.7. The molecule has 0 saturated carbocycles. The zero-order valence-corrected chi connectivity index (χ0v) is 12.2. The van der Waals surface area contributed by atoms with Crippen molar-refractivity contribution in [1.82, 2.24) is 5.32 Å². The van der Waals surface area contributed by atoms with Crippen LogP contribution in [0.15, 0.2) is 18.2 Å². The van der Waals surface area contributed by atoms with Crippen LogP contribution in [-0.4, -0.2) is 34.1 Å². The van der Waals surface area contributed by atoms with Gasteiger partial charge in [0.05, 0.1) is 6.42 Å². The van der Waals surface area contributed by atoms with Crippen LogP contribution in [0, 0.1) is 6.92 Å². The molecule has 3 N–H and O–H groups in total. The monoisotopic (exact) mass is 313 g/mol. The number of carboxylic acids is 2. The number of amides is 1. The second-order valence-corrected chi connectivity index (χ2v) is 5.05. The van der Waals surface area contributed by atoms with Gasteiger partial charge in [-0.05, 0) is 30.5 Å². The standard InChI is InChI=1S/C14H16ClNO5/c1-8-2-3-9(6-10(8)15)4-5-12(17)16-11(14(20)21)7-13(18)19/h2-3,6,11H,4-5,7H2,1H3,(H,16,17)(H,18,19)(H,20,21)/t11-/m1/s1. The maximum Gasteiger partial charge on any atom is 0.326 e. The van der Waals surface area contributed by atoms with Gasteiger partial charge in [-0.2, -0.15) is 0 Å². The summed E-state index contributed by atoms with van der Waals surface area (Å²) in [5.74, 6) is -3.17. The van der Waals surface area contributed by atoms with Crippen LogP contribution in [0.5, 0.6) is 0 Å². The first-order chi connectivity index (χ1) is 9.79. The third kappa shape index (κ3) is 5.83. The zero-order chi connectivity index (χ0) is 16.0. The van der Waals surface area contributed by atoms with Gasteiger partial charge in [-0.25, -0.2) is 4.79 Å². The fourth-order valence-corrected chi connectivity index (χ4v) is 1.89. The highest BCUT2D eigenvalue weighted by Crippen LogP contribution is 2.17. The lowest BCUT2D eigenvalue weighted by molar-refractivity contribution is -0.147. The molecule has 6 nitrogen and oxygen atoms in total. The van der Waals surface area contributed by atoms with E-state index in [1.807, 2.05) is 19.1 Å². The second-order valence-electron chi connectivity index (χ2n) is 4.64. The smallest absolute Gasteiger partial charge is 0.326 e. The molecule has 0 bridgehead atoms. The molecule has 1 amide bonds. The maximum absolute atomic E-state index is 11.7. The van der Waals surface area contributed by atoms with E-state index in [1.165, 1.54) is 0 Å². The summed E-state index contributed by atoms with van der Waals surface area (Å²) < 4.78 is 0. The van der Waals surface area contributed by atoms with Crippen molar-refractivity contribution >= 4 is 29.4 Å². The van der Waals surface area contributed by atoms with Crippen LogP contribution in [0.3, 0.4) is 0 Å². The Hall–Kier alpha value is -2.08. The highest BCUT2D eigenvalue weighted by molar-refractivity contribution is 6.31. The molecule has 0 aromatic heterocycles. The molecule has 1 aromatic rings. The fraction of sp³-hybridized carbons (Fsp3) is 0.357. The number of carbonyl (C=O) groups is 3. The van der Waals surface area contributed by atoms with E-state index in [0.717, 1.165) is 11.1 Å². The average molecular weight is 314 g/mol. The first-order valence-corrected chi connectivity index (χ1v) is 6.66. The Kier molecular flexibility index (Phi) is 6.17. The molecule has 114 valence electrons. The van der Waals surface area contributed by atoms with E-state index in [2.05, 4.69) is 5.32 Å². The van der Waals surface area contributed by atoms with Crippen molar-refractivity contribution in [1.29, 1.82) is 0 Å². The lowest BCUT2D eigenvalue weighted by Crippen LogP contribution is -2.42. The molecule has 1 aromatic carbocycles. The van der Waals surface area contributed by atoms with Crippen molar-refractivity contribution in [3.63, 3.8) is 0 Å². The van der Waals surface area contributed by atoms with E-state index < -0.39 is 30.3 Å². The molecule has 21 heavy (non-hydrogen) atoms. The number of hydrogen-bond acceptors (Lipinski definition) is 3. The molecule has 0 saturated heterocycles. The van der Waals surface area contributed by atoms with Gasteiger partial charge in [0.1, 0.15) is 6.04 Å². The van der Waals surface area contributed by atoms with Crippen LogP contribution in [0.4, 0.5) is 0 Å². The number of aryl methyl sites for hydroxylation is 2. The maximum atomic E-state index is 11.7. The van der Waals surface area contributed by atoms with Gasteiger partial charge in [-0.15, -0.1) is 0 Å². The Balaban J connectivity index is 2.54. The molecule has 1 atom stereocenters. The Morgan fingerprint density at radius 2 is 1.95 bits per heavy atom. The Morgan fingerprint density at radius 1 is 1.29 bits per heavy atom. The number of halogens is 1. The molecule has 1 rings (SSSR count). The predicted octanol–water partition coefficient (Wildman–Crippen LogP) is 1.63. The number of rotatable bonds is 7. The summed E-state index contributed by atoms with van der Waals surface area (Å²) in [5.41, 5.74) is 1.78. The fourth-order valence-electron chi connectivity index (χ4n) is 1.69. The molecule has 7 heteroatoms. The van der Waals surface area contributed by atoms with E-state index in [-0.39, 0.29) is 6.42 Å². The van der Waals surface area contributed by atoms with E-state index in [1.54, 1.807) is 6.07 Å². The van der Waals surface area contributed by atoms with Crippen LogP contribution in [0.25, 0.3) is 0 Å². The average Bonchev–Trinajstić information content (AvgIpc) is 2.38. The Morgan fingerprint density at radius 3 is 2.48 bits per heavy atom. The van der Waals surface area contributed by atoms with Gasteiger partial charge in [-0.3, -0.25) is 9.59 Å². The van der Waals surface area contributed by atoms with Crippen LogP contribution in [0.1, 0.15) is 24.0 Å². The molecule has 0 radical (unpaired) electrons. The van der Waals surface area contributed by atoms with E-state index in [4.69, 9.17) is 21.8 Å². The predicted molar refractivity (Wildman–Crippen MR) is 76.3 cm³/mol. The van der Waals surface area contributed by atoms with E-state index in [0.29, 0.717) is 11.4 Å². The first-order valence-electron chi connectivity index (χ1n) is 6.28. The highest BCUT2D eigenvalue weighted by atomic mass is 35.5. The van der Waals surface area contributed by atoms with Gasteiger partial charge in [0.25, 0.3) is 0 Å². The molecule has 0 aliphatic heterocycles. The van der Waals surface area contributed by atoms with Crippen molar-refractivity contribution in [2.75, 3.05) is 0 Å². The summed E-state index contributed by atoms with van der Waals surface area (Å²) in [4.78, 5) is 33.0. The van der Waals surface area contributed by atoms with Crippen molar-refractivity contribution in [3.05, 3.63) is 34.3 Å². The number of carbonyl (C=O) groups excluding carboxylic acids is 1. The summed E-state index contributed by atoms with van der Waals surface area (Å²) in [6, 6.07) is 3.99. The molecule has 0 spiro atoms. The minimum Gasteiger partial charge on any atom is -0.481 e. The van der Waals surface area contributed by atoms with Crippen LogP contribution in [0.2, 0.25) is 5.02 Å². The van der Waals surface area contributed by atoms with Gasteiger partial charge in [0.2, 0.25) is 5.91 Å². The Labute approximate surface area is 126 Å². The topological polar surface area (TPSA) is 104 Å². The SMILES string of the molecule is Cc1ccc(CCC(=O)N[C@H](CC(=O)O)C(=O)O)cc1Cl. The van der Waals surface area contributed by atoms with E-state index >= 15 is 0 Å². The number of aliphatic carboxylic acids is 2. The summed E-state index contributed by atoms with van der Waals surface area (Å²) >= 11 is 5.97. The minimum atomic E-state index is -1.42. The number of nitrogens with one attached hydrogen (secondary N) is 1. The van der Waals surface area contributed by atoms with Gasteiger partial charge >= 0.3 is 11.9 Å². The van der Waals surface area contributed by atoms with Crippen LogP contribution in [-0.2, 0) is 20.8 Å². The summed E-state index contributed by atoms with van der Waals surface area (Å²) in [7, 11) is 0. The summed E-state index contributed by atoms with van der Waals surface area (Å²) in [5, 5.41) is 20.2. The van der Waals surface area contributed by atoms with Crippen molar-refractivity contribution in [2.24, 2.45) is 0 Å². The van der Waals surface area contributed by atoms with Crippen LogP contribution >= 0.6 is 11.6 Å². The molecular formula is C14H16ClNO5. The highest BCUT2D eigenvalue weighted by Gasteiger charge is 2.22. The number of carboxylic acid groups (broad SMARTS) is 2. The van der Waals surface area contributed by atoms with Gasteiger partial charge in [0, 0.05) is 11.4 Å². The summed E-state index contributed by atoms with van der Waals surface area (Å²) in [6.07, 6.45) is -0.203. The first kappa shape index (κ1) is 17.0. The molecule has 0 aliphatic carbocycles. The lowest BCUT2D eigenvalue weighted by atomic mass is 10.1. The third-order valence-corrected chi connectivity index (χ3v) is 3.30. The molecule has 0 heterocycles. The summed E-state index contributed by atoms with van der Waals surface area (Å²) in [6.45, 7) is 1.86. The largest absolute Gasteiger partial charge is 0.481 e. The second kappa shape index (κ2) is 7.64. The third-order valence-electron chi connectivity index (χ3n) is 2.89. The molecule has 0 unspecified atom stereocenters. The van der Waals surface area contributed by atoms with Gasteiger partial charge in [-0.1, -0.05) is 23.7 Å². The zero-order valence-electron chi connectivity index (χ0n) is 11.4. The number of benzene rings is 1. The molecule has 0 fully saturated rings. The number of hydrogen-bond donors (Lipinski definition) is 3. The molecular weight excluding hydrogens is 298 g/mol. The van der Waals surface area contributed by atoms with Crippen molar-refractivity contribution in [2.45, 2.75) is 32.2 Å². The molecule has 0 aliphatic rings. The van der Waals surface area contributed by atoms with E-state index in [9.17, 15) is 14.4 Å². The lowest BCUT2D eigenvalue weighted by Gasteiger charge is -2.12.